The third-order valence-electron chi connectivity index (χ3n) is 2.97. The normalized spacial score (nSPS) is 10.9. The zero-order chi connectivity index (χ0) is 14.7. The van der Waals surface area contributed by atoms with Gasteiger partial charge in [-0.25, -0.2) is 15.8 Å². The van der Waals surface area contributed by atoms with Gasteiger partial charge in [0.05, 0.1) is 0 Å². The highest BCUT2D eigenvalue weighted by atomic mass is 35.5. The predicted molar refractivity (Wildman–Crippen MR) is 83.6 cm³/mol. The first kappa shape index (κ1) is 14.8. The second-order valence-electron chi connectivity index (χ2n) is 5.27. The number of anilines is 1. The van der Waals surface area contributed by atoms with E-state index in [0.29, 0.717) is 22.6 Å². The average Bonchev–Trinajstić information content (AvgIpc) is 2.40. The summed E-state index contributed by atoms with van der Waals surface area (Å²) in [4.78, 5) is 8.99. The van der Waals surface area contributed by atoms with Crippen LogP contribution in [0.2, 0.25) is 5.02 Å². The minimum absolute atomic E-state index is 0.519. The molecule has 2 rings (SSSR count). The van der Waals surface area contributed by atoms with Gasteiger partial charge in [0, 0.05) is 22.3 Å². The fourth-order valence-corrected chi connectivity index (χ4v) is 2.14. The molecule has 5 heteroatoms. The van der Waals surface area contributed by atoms with Crippen molar-refractivity contribution >= 4 is 17.4 Å². The van der Waals surface area contributed by atoms with Crippen LogP contribution in [0.25, 0.3) is 11.4 Å². The predicted octanol–water partition coefficient (Wildman–Crippen LogP) is 3.59. The van der Waals surface area contributed by atoms with Crippen LogP contribution in [0.4, 0.5) is 5.82 Å². The van der Waals surface area contributed by atoms with Gasteiger partial charge in [-0.15, -0.1) is 0 Å². The summed E-state index contributed by atoms with van der Waals surface area (Å²) < 4.78 is 0. The Morgan fingerprint density at radius 3 is 2.60 bits per heavy atom. The molecule has 0 radical (unpaired) electrons. The summed E-state index contributed by atoms with van der Waals surface area (Å²) in [5.41, 5.74) is 5.48. The second-order valence-corrected chi connectivity index (χ2v) is 5.68. The first-order valence-corrected chi connectivity index (χ1v) is 6.98. The van der Waals surface area contributed by atoms with Crippen LogP contribution < -0.4 is 11.3 Å². The van der Waals surface area contributed by atoms with E-state index < -0.39 is 0 Å². The van der Waals surface area contributed by atoms with Gasteiger partial charge in [-0.05, 0) is 30.9 Å². The van der Waals surface area contributed by atoms with Crippen LogP contribution in [-0.2, 0) is 6.42 Å². The van der Waals surface area contributed by atoms with Gasteiger partial charge in [0.15, 0.2) is 5.82 Å². The van der Waals surface area contributed by atoms with Crippen LogP contribution in [0, 0.1) is 12.8 Å². The van der Waals surface area contributed by atoms with E-state index in [9.17, 15) is 0 Å². The zero-order valence-electron chi connectivity index (χ0n) is 11.9. The van der Waals surface area contributed by atoms with Crippen molar-refractivity contribution in [2.45, 2.75) is 27.2 Å². The molecule has 0 aliphatic heterocycles. The lowest BCUT2D eigenvalue weighted by molar-refractivity contribution is 0.635. The summed E-state index contributed by atoms with van der Waals surface area (Å²) in [6, 6.07) is 7.69. The third-order valence-corrected chi connectivity index (χ3v) is 3.38. The van der Waals surface area contributed by atoms with Gasteiger partial charge < -0.3 is 5.43 Å². The van der Waals surface area contributed by atoms with Crippen molar-refractivity contribution in [3.05, 3.63) is 40.5 Å². The van der Waals surface area contributed by atoms with Crippen molar-refractivity contribution in [1.29, 1.82) is 0 Å². The van der Waals surface area contributed by atoms with Gasteiger partial charge in [0.2, 0.25) is 0 Å². The van der Waals surface area contributed by atoms with E-state index >= 15 is 0 Å². The number of rotatable bonds is 4. The zero-order valence-corrected chi connectivity index (χ0v) is 12.7. The van der Waals surface area contributed by atoms with E-state index in [1.807, 2.05) is 31.2 Å². The Kier molecular flexibility index (Phi) is 4.57. The van der Waals surface area contributed by atoms with Gasteiger partial charge in [-0.1, -0.05) is 37.6 Å². The topological polar surface area (TPSA) is 63.8 Å². The number of nitrogens with zero attached hydrogens (tertiary/aromatic N) is 2. The second kappa shape index (κ2) is 6.20. The smallest absolute Gasteiger partial charge is 0.161 e. The van der Waals surface area contributed by atoms with E-state index in [1.54, 1.807) is 0 Å². The summed E-state index contributed by atoms with van der Waals surface area (Å²) >= 11 is 6.17. The first-order valence-electron chi connectivity index (χ1n) is 6.60. The number of nitrogens with two attached hydrogens (primary N) is 1. The van der Waals surface area contributed by atoms with Crippen molar-refractivity contribution in [2.24, 2.45) is 11.8 Å². The molecule has 0 aliphatic carbocycles. The third kappa shape index (κ3) is 3.46. The molecule has 0 amide bonds. The molecule has 0 unspecified atom stereocenters. The van der Waals surface area contributed by atoms with Crippen molar-refractivity contribution in [3.63, 3.8) is 0 Å². The van der Waals surface area contributed by atoms with Gasteiger partial charge in [0.25, 0.3) is 0 Å². The van der Waals surface area contributed by atoms with Crippen LogP contribution in [0.5, 0.6) is 0 Å². The minimum Gasteiger partial charge on any atom is -0.308 e. The molecular formula is C15H19ClN4. The Bertz CT molecular complexity index is 611. The molecule has 106 valence electrons. The Labute approximate surface area is 124 Å². The molecular weight excluding hydrogens is 272 g/mol. The number of nitrogen functional groups attached to an aromatic ring is 1. The summed E-state index contributed by atoms with van der Waals surface area (Å²) in [6.45, 7) is 6.27. The highest BCUT2D eigenvalue weighted by molar-refractivity contribution is 6.31. The number of benzene rings is 1. The number of aryl methyl sites for hydroxylation is 1. The number of halogens is 1. The van der Waals surface area contributed by atoms with E-state index in [1.165, 1.54) is 0 Å². The molecule has 0 saturated carbocycles. The maximum atomic E-state index is 6.17. The Balaban J connectivity index is 2.46. The van der Waals surface area contributed by atoms with E-state index in [0.717, 1.165) is 23.2 Å². The van der Waals surface area contributed by atoms with Gasteiger partial charge in [-0.2, -0.15) is 0 Å². The molecule has 20 heavy (non-hydrogen) atoms. The van der Waals surface area contributed by atoms with E-state index in [4.69, 9.17) is 17.4 Å². The van der Waals surface area contributed by atoms with Crippen LogP contribution in [-0.4, -0.2) is 9.97 Å². The summed E-state index contributed by atoms with van der Waals surface area (Å²) in [5.74, 6) is 7.25. The lowest BCUT2D eigenvalue weighted by atomic mass is 10.1. The molecule has 0 aliphatic rings. The molecule has 0 bridgehead atoms. The van der Waals surface area contributed by atoms with Crippen molar-refractivity contribution < 1.29 is 0 Å². The monoisotopic (exact) mass is 290 g/mol. The van der Waals surface area contributed by atoms with Gasteiger partial charge >= 0.3 is 0 Å². The fourth-order valence-electron chi connectivity index (χ4n) is 1.96. The molecule has 1 aromatic carbocycles. The molecule has 0 saturated heterocycles. The van der Waals surface area contributed by atoms with Crippen LogP contribution in [0.3, 0.4) is 0 Å². The summed E-state index contributed by atoms with van der Waals surface area (Å²) in [5, 5.41) is 0.711. The standard InChI is InChI=1S/C15H19ClN4/c1-9(2)6-12-8-14(20-17)19-15(18-12)11-5-4-10(3)13(16)7-11/h4-5,7-9H,6,17H2,1-3H3,(H,18,19,20). The summed E-state index contributed by atoms with van der Waals surface area (Å²) in [7, 11) is 0. The Morgan fingerprint density at radius 2 is 2.00 bits per heavy atom. The molecule has 0 fully saturated rings. The van der Waals surface area contributed by atoms with Crippen molar-refractivity contribution in [3.8, 4) is 11.4 Å². The summed E-state index contributed by atoms with van der Waals surface area (Å²) in [6.07, 6.45) is 0.879. The Hall–Kier alpha value is -1.65. The van der Waals surface area contributed by atoms with Crippen LogP contribution in [0.15, 0.2) is 24.3 Å². The lowest BCUT2D eigenvalue weighted by Crippen LogP contribution is -2.11. The molecule has 2 aromatic rings. The van der Waals surface area contributed by atoms with Crippen molar-refractivity contribution in [2.75, 3.05) is 5.43 Å². The van der Waals surface area contributed by atoms with Crippen LogP contribution in [0.1, 0.15) is 25.1 Å². The highest BCUT2D eigenvalue weighted by Crippen LogP contribution is 2.24. The quantitative estimate of drug-likeness (QED) is 0.667. The number of hydrogen-bond acceptors (Lipinski definition) is 4. The maximum Gasteiger partial charge on any atom is 0.161 e. The number of hydrazine groups is 1. The fraction of sp³-hybridized carbons (Fsp3) is 0.333. The maximum absolute atomic E-state index is 6.17. The largest absolute Gasteiger partial charge is 0.308 e. The first-order chi connectivity index (χ1) is 9.49. The van der Waals surface area contributed by atoms with Crippen LogP contribution >= 0.6 is 11.6 Å². The number of hydrogen-bond donors (Lipinski definition) is 2. The lowest BCUT2D eigenvalue weighted by Gasteiger charge is -2.10. The van der Waals surface area contributed by atoms with Crippen molar-refractivity contribution in [1.82, 2.24) is 9.97 Å². The molecule has 1 heterocycles. The van der Waals surface area contributed by atoms with E-state index in [2.05, 4.69) is 29.2 Å². The van der Waals surface area contributed by atoms with E-state index in [-0.39, 0.29) is 0 Å². The minimum atomic E-state index is 0.519. The van der Waals surface area contributed by atoms with Gasteiger partial charge in [0.1, 0.15) is 5.82 Å². The molecule has 4 nitrogen and oxygen atoms in total. The molecule has 3 N–H and O–H groups in total. The Morgan fingerprint density at radius 1 is 1.25 bits per heavy atom. The van der Waals surface area contributed by atoms with Gasteiger partial charge in [-0.3, -0.25) is 0 Å². The molecule has 0 spiro atoms. The SMILES string of the molecule is Cc1ccc(-c2nc(CC(C)C)cc(NN)n2)cc1Cl. The number of nitrogens with one attached hydrogen (secondary N) is 1. The molecule has 0 atom stereocenters. The molecule has 1 aromatic heterocycles. The highest BCUT2D eigenvalue weighted by Gasteiger charge is 2.09. The number of aromatic nitrogens is 2. The average molecular weight is 291 g/mol.